The highest BCUT2D eigenvalue weighted by molar-refractivity contribution is 5.95. The van der Waals surface area contributed by atoms with Gasteiger partial charge in [0.15, 0.2) is 0 Å². The molecule has 0 saturated heterocycles. The summed E-state index contributed by atoms with van der Waals surface area (Å²) in [6.45, 7) is 0.833. The van der Waals surface area contributed by atoms with Gasteiger partial charge in [-0.15, -0.1) is 0 Å². The smallest absolute Gasteiger partial charge is 0.252 e. The summed E-state index contributed by atoms with van der Waals surface area (Å²) in [4.78, 5) is 11.4. The lowest BCUT2D eigenvalue weighted by atomic mass is 10.2. The molecule has 21 heavy (non-hydrogen) atoms. The topological polar surface area (TPSA) is 64.4 Å². The SMILES string of the molecule is NC(=O)c1ccccc1Oc1cccc(CNC2CC2)c1. The van der Waals surface area contributed by atoms with E-state index in [2.05, 4.69) is 11.4 Å². The van der Waals surface area contributed by atoms with E-state index in [1.807, 2.05) is 24.3 Å². The minimum Gasteiger partial charge on any atom is -0.457 e. The lowest BCUT2D eigenvalue weighted by Gasteiger charge is -2.10. The third-order valence-electron chi connectivity index (χ3n) is 3.45. The van der Waals surface area contributed by atoms with Crippen LogP contribution in [0.1, 0.15) is 28.8 Å². The molecule has 3 N–H and O–H groups in total. The van der Waals surface area contributed by atoms with Crippen molar-refractivity contribution in [3.05, 3.63) is 59.7 Å². The third kappa shape index (κ3) is 3.61. The minimum absolute atomic E-state index is 0.388. The zero-order valence-corrected chi connectivity index (χ0v) is 11.7. The van der Waals surface area contributed by atoms with E-state index >= 15 is 0 Å². The Balaban J connectivity index is 1.74. The fourth-order valence-electron chi connectivity index (χ4n) is 2.15. The summed E-state index contributed by atoms with van der Waals surface area (Å²) < 4.78 is 5.81. The average molecular weight is 282 g/mol. The number of nitrogens with one attached hydrogen (secondary N) is 1. The Kier molecular flexibility index (Phi) is 3.88. The van der Waals surface area contributed by atoms with Crippen LogP contribution >= 0.6 is 0 Å². The fourth-order valence-corrected chi connectivity index (χ4v) is 2.15. The second-order valence-corrected chi connectivity index (χ2v) is 5.27. The number of carbonyl (C=O) groups is 1. The van der Waals surface area contributed by atoms with Crippen molar-refractivity contribution in [3.8, 4) is 11.5 Å². The molecule has 0 aromatic heterocycles. The predicted molar refractivity (Wildman–Crippen MR) is 81.3 cm³/mol. The molecule has 0 atom stereocenters. The van der Waals surface area contributed by atoms with Gasteiger partial charge < -0.3 is 15.8 Å². The van der Waals surface area contributed by atoms with Gasteiger partial charge in [0.1, 0.15) is 11.5 Å². The summed E-state index contributed by atoms with van der Waals surface area (Å²) in [5, 5.41) is 3.46. The van der Waals surface area contributed by atoms with E-state index in [-0.39, 0.29) is 0 Å². The highest BCUT2D eigenvalue weighted by Gasteiger charge is 2.19. The minimum atomic E-state index is -0.489. The first-order valence-corrected chi connectivity index (χ1v) is 7.11. The molecule has 0 bridgehead atoms. The lowest BCUT2D eigenvalue weighted by molar-refractivity contribution is 0.0998. The Morgan fingerprint density at radius 1 is 1.19 bits per heavy atom. The standard InChI is InChI=1S/C17H18N2O2/c18-17(20)15-6-1-2-7-16(15)21-14-5-3-4-12(10-14)11-19-13-8-9-13/h1-7,10,13,19H,8-9,11H2,(H2,18,20). The fraction of sp³-hybridized carbons (Fsp3) is 0.235. The molecular weight excluding hydrogens is 264 g/mol. The number of nitrogens with two attached hydrogens (primary N) is 1. The largest absolute Gasteiger partial charge is 0.457 e. The van der Waals surface area contributed by atoms with E-state index in [0.29, 0.717) is 23.1 Å². The Hall–Kier alpha value is -2.33. The molecular formula is C17H18N2O2. The van der Waals surface area contributed by atoms with Crippen molar-refractivity contribution in [1.29, 1.82) is 0 Å². The number of para-hydroxylation sites is 1. The predicted octanol–water partition coefficient (Wildman–Crippen LogP) is 2.83. The number of benzene rings is 2. The van der Waals surface area contributed by atoms with E-state index in [0.717, 1.165) is 12.1 Å². The maximum atomic E-state index is 11.4. The van der Waals surface area contributed by atoms with Gasteiger partial charge >= 0.3 is 0 Å². The molecule has 1 fully saturated rings. The van der Waals surface area contributed by atoms with Gasteiger partial charge in [-0.25, -0.2) is 0 Å². The second kappa shape index (κ2) is 5.97. The number of ether oxygens (including phenoxy) is 1. The maximum Gasteiger partial charge on any atom is 0.252 e. The van der Waals surface area contributed by atoms with E-state index in [1.54, 1.807) is 18.2 Å². The molecule has 2 aromatic rings. The highest BCUT2D eigenvalue weighted by Crippen LogP contribution is 2.26. The first-order chi connectivity index (χ1) is 10.2. The molecule has 4 nitrogen and oxygen atoms in total. The van der Waals surface area contributed by atoms with Crippen molar-refractivity contribution >= 4 is 5.91 Å². The van der Waals surface area contributed by atoms with Gasteiger partial charge in [0.2, 0.25) is 0 Å². The van der Waals surface area contributed by atoms with Crippen LogP contribution in [0.25, 0.3) is 0 Å². The molecule has 1 aliphatic carbocycles. The normalized spacial score (nSPS) is 13.9. The summed E-state index contributed by atoms with van der Waals surface area (Å²) in [5.74, 6) is 0.702. The summed E-state index contributed by atoms with van der Waals surface area (Å²) in [6.07, 6.45) is 2.53. The van der Waals surface area contributed by atoms with Crippen molar-refractivity contribution in [3.63, 3.8) is 0 Å². The van der Waals surface area contributed by atoms with Gasteiger partial charge in [0.25, 0.3) is 5.91 Å². The van der Waals surface area contributed by atoms with Gasteiger partial charge in [-0.05, 0) is 42.7 Å². The van der Waals surface area contributed by atoms with Crippen molar-refractivity contribution in [2.75, 3.05) is 0 Å². The number of amides is 1. The van der Waals surface area contributed by atoms with Gasteiger partial charge in [-0.2, -0.15) is 0 Å². The summed E-state index contributed by atoms with van der Waals surface area (Å²) >= 11 is 0. The zero-order chi connectivity index (χ0) is 14.7. The van der Waals surface area contributed by atoms with Crippen LogP contribution in [-0.2, 0) is 6.54 Å². The third-order valence-corrected chi connectivity index (χ3v) is 3.45. The Bertz CT molecular complexity index is 651. The number of rotatable bonds is 6. The van der Waals surface area contributed by atoms with E-state index in [9.17, 15) is 4.79 Å². The van der Waals surface area contributed by atoms with Crippen LogP contribution in [0.4, 0.5) is 0 Å². The van der Waals surface area contributed by atoms with E-state index in [1.165, 1.54) is 12.8 Å². The molecule has 108 valence electrons. The monoisotopic (exact) mass is 282 g/mol. The van der Waals surface area contributed by atoms with Crippen LogP contribution in [0.3, 0.4) is 0 Å². The summed E-state index contributed by atoms with van der Waals surface area (Å²) in [7, 11) is 0. The molecule has 0 heterocycles. The second-order valence-electron chi connectivity index (χ2n) is 5.27. The van der Waals surface area contributed by atoms with Crippen molar-refractivity contribution in [2.45, 2.75) is 25.4 Å². The van der Waals surface area contributed by atoms with Gasteiger partial charge in [-0.1, -0.05) is 24.3 Å². The first-order valence-electron chi connectivity index (χ1n) is 7.11. The molecule has 0 radical (unpaired) electrons. The molecule has 2 aromatic carbocycles. The first kappa shape index (κ1) is 13.6. The number of hydrogen-bond acceptors (Lipinski definition) is 3. The number of primary amides is 1. The van der Waals surface area contributed by atoms with E-state index < -0.39 is 5.91 Å². The quantitative estimate of drug-likeness (QED) is 0.856. The van der Waals surface area contributed by atoms with Crippen molar-refractivity contribution < 1.29 is 9.53 Å². The average Bonchev–Trinajstić information content (AvgIpc) is 3.30. The molecule has 0 spiro atoms. The summed E-state index contributed by atoms with van der Waals surface area (Å²) in [5.41, 5.74) is 6.91. The van der Waals surface area contributed by atoms with E-state index in [4.69, 9.17) is 10.5 Å². The van der Waals surface area contributed by atoms with Crippen LogP contribution < -0.4 is 15.8 Å². The number of hydrogen-bond donors (Lipinski definition) is 2. The van der Waals surface area contributed by atoms with Crippen LogP contribution in [0.15, 0.2) is 48.5 Å². The Labute approximate surface area is 123 Å². The molecule has 3 rings (SSSR count). The lowest BCUT2D eigenvalue weighted by Crippen LogP contribution is -2.15. The van der Waals surface area contributed by atoms with Crippen molar-refractivity contribution in [2.24, 2.45) is 5.73 Å². The highest BCUT2D eigenvalue weighted by atomic mass is 16.5. The van der Waals surface area contributed by atoms with Gasteiger partial charge in [-0.3, -0.25) is 4.79 Å². The van der Waals surface area contributed by atoms with Crippen LogP contribution in [0, 0.1) is 0 Å². The molecule has 1 aliphatic rings. The zero-order valence-electron chi connectivity index (χ0n) is 11.7. The Morgan fingerprint density at radius 2 is 2.00 bits per heavy atom. The molecule has 1 saturated carbocycles. The maximum absolute atomic E-state index is 11.4. The van der Waals surface area contributed by atoms with Crippen LogP contribution in [0.2, 0.25) is 0 Å². The van der Waals surface area contributed by atoms with Gasteiger partial charge in [0, 0.05) is 12.6 Å². The molecule has 4 heteroatoms. The van der Waals surface area contributed by atoms with Crippen LogP contribution in [0.5, 0.6) is 11.5 Å². The van der Waals surface area contributed by atoms with Crippen molar-refractivity contribution in [1.82, 2.24) is 5.32 Å². The molecule has 0 unspecified atom stereocenters. The number of carbonyl (C=O) groups excluding carboxylic acids is 1. The molecule has 1 amide bonds. The van der Waals surface area contributed by atoms with Gasteiger partial charge in [0.05, 0.1) is 5.56 Å². The Morgan fingerprint density at radius 3 is 2.76 bits per heavy atom. The summed E-state index contributed by atoms with van der Waals surface area (Å²) in [6, 6.07) is 15.5. The van der Waals surface area contributed by atoms with Crippen LogP contribution in [-0.4, -0.2) is 11.9 Å². The molecule has 0 aliphatic heterocycles.